The highest BCUT2D eigenvalue weighted by Gasteiger charge is 2.16. The molecular formula is C16H21N3O2. The smallest absolute Gasteiger partial charge is 0.277 e. The molecule has 0 heterocycles. The summed E-state index contributed by atoms with van der Waals surface area (Å²) in [6.45, 7) is 4.83. The number of likely N-dealkylation sites (N-methyl/N-ethyl adjacent to an activating group) is 1. The van der Waals surface area contributed by atoms with Crippen LogP contribution in [0.3, 0.4) is 0 Å². The predicted molar refractivity (Wildman–Crippen MR) is 87.0 cm³/mol. The summed E-state index contributed by atoms with van der Waals surface area (Å²) in [6.07, 6.45) is 1.04. The average Bonchev–Trinajstić information content (AvgIpc) is 2.50. The van der Waals surface area contributed by atoms with Gasteiger partial charge in [-0.3, -0.25) is 10.1 Å². The lowest BCUT2D eigenvalue weighted by Crippen LogP contribution is -2.31. The van der Waals surface area contributed by atoms with Gasteiger partial charge in [-0.15, -0.1) is 0 Å². The summed E-state index contributed by atoms with van der Waals surface area (Å²) in [7, 11) is 1.93. The third-order valence-corrected chi connectivity index (χ3v) is 3.54. The van der Waals surface area contributed by atoms with E-state index in [4.69, 9.17) is 0 Å². The molecule has 1 N–H and O–H groups in total. The summed E-state index contributed by atoms with van der Waals surface area (Å²) in [5.41, 5.74) is 1.23. The van der Waals surface area contributed by atoms with Crippen molar-refractivity contribution in [2.24, 2.45) is 0 Å². The fourth-order valence-electron chi connectivity index (χ4n) is 2.57. The van der Waals surface area contributed by atoms with E-state index in [1.807, 2.05) is 37.4 Å². The minimum Gasteiger partial charge on any atom is -0.370 e. The number of fused-ring (bicyclic) bond motifs is 1. The van der Waals surface area contributed by atoms with Crippen LogP contribution in [0.5, 0.6) is 0 Å². The van der Waals surface area contributed by atoms with Gasteiger partial charge in [0.15, 0.2) is 0 Å². The number of hydrogen-bond donors (Lipinski definition) is 1. The molecule has 0 bridgehead atoms. The third-order valence-electron chi connectivity index (χ3n) is 3.54. The van der Waals surface area contributed by atoms with Gasteiger partial charge < -0.3 is 10.2 Å². The molecule has 0 amide bonds. The lowest BCUT2D eigenvalue weighted by atomic mass is 10.1. The van der Waals surface area contributed by atoms with Crippen LogP contribution in [0, 0.1) is 10.1 Å². The number of nitrogens with one attached hydrogen (secondary N) is 1. The summed E-state index contributed by atoms with van der Waals surface area (Å²) >= 11 is 0. The van der Waals surface area contributed by atoms with Crippen LogP contribution in [0.15, 0.2) is 36.4 Å². The molecule has 0 aliphatic carbocycles. The van der Waals surface area contributed by atoms with Crippen molar-refractivity contribution >= 4 is 22.1 Å². The van der Waals surface area contributed by atoms with Crippen LogP contribution >= 0.6 is 0 Å². The van der Waals surface area contributed by atoms with Gasteiger partial charge in [0.1, 0.15) is 0 Å². The standard InChI is InChI=1S/C16H21N3O2/c1-3-11-18(12-10-17-2)15-8-9-16(19(20)21)14-7-5-4-6-13(14)15/h4-9,17H,3,10-12H2,1-2H3. The van der Waals surface area contributed by atoms with Crippen molar-refractivity contribution in [3.8, 4) is 0 Å². The molecule has 21 heavy (non-hydrogen) atoms. The minimum atomic E-state index is -0.316. The lowest BCUT2D eigenvalue weighted by molar-refractivity contribution is -0.383. The van der Waals surface area contributed by atoms with E-state index in [9.17, 15) is 10.1 Å². The molecule has 112 valence electrons. The largest absolute Gasteiger partial charge is 0.370 e. The molecular weight excluding hydrogens is 266 g/mol. The quantitative estimate of drug-likeness (QED) is 0.627. The molecule has 0 radical (unpaired) electrons. The fourth-order valence-corrected chi connectivity index (χ4v) is 2.57. The van der Waals surface area contributed by atoms with Crippen molar-refractivity contribution in [3.05, 3.63) is 46.5 Å². The summed E-state index contributed by atoms with van der Waals surface area (Å²) < 4.78 is 0. The molecule has 2 aromatic rings. The zero-order valence-electron chi connectivity index (χ0n) is 12.5. The molecule has 5 heteroatoms. The maximum atomic E-state index is 11.2. The normalized spacial score (nSPS) is 10.8. The molecule has 0 aliphatic rings. The van der Waals surface area contributed by atoms with Gasteiger partial charge in [-0.1, -0.05) is 25.1 Å². The predicted octanol–water partition coefficient (Wildman–Crippen LogP) is 3.18. The summed E-state index contributed by atoms with van der Waals surface area (Å²) in [5, 5.41) is 16.0. The first-order chi connectivity index (χ1) is 10.2. The fraction of sp³-hybridized carbons (Fsp3) is 0.375. The topological polar surface area (TPSA) is 58.4 Å². The highest BCUT2D eigenvalue weighted by atomic mass is 16.6. The Morgan fingerprint density at radius 1 is 1.14 bits per heavy atom. The Hall–Kier alpha value is -2.14. The maximum Gasteiger partial charge on any atom is 0.277 e. The molecule has 0 fully saturated rings. The molecule has 0 aromatic heterocycles. The number of nitrogens with zero attached hydrogens (tertiary/aromatic N) is 2. The van der Waals surface area contributed by atoms with Crippen molar-refractivity contribution < 1.29 is 4.92 Å². The van der Waals surface area contributed by atoms with Crippen molar-refractivity contribution in [2.45, 2.75) is 13.3 Å². The Kier molecular flexibility index (Phi) is 5.11. The van der Waals surface area contributed by atoms with Crippen molar-refractivity contribution in [1.29, 1.82) is 0 Å². The van der Waals surface area contributed by atoms with E-state index in [-0.39, 0.29) is 10.6 Å². The van der Waals surface area contributed by atoms with Gasteiger partial charge >= 0.3 is 0 Å². The van der Waals surface area contributed by atoms with E-state index in [1.54, 1.807) is 6.07 Å². The van der Waals surface area contributed by atoms with E-state index >= 15 is 0 Å². The molecule has 2 rings (SSSR count). The van der Waals surface area contributed by atoms with Gasteiger partial charge in [0.2, 0.25) is 0 Å². The van der Waals surface area contributed by atoms with E-state index in [0.717, 1.165) is 37.1 Å². The Morgan fingerprint density at radius 3 is 2.48 bits per heavy atom. The molecule has 0 saturated heterocycles. The van der Waals surface area contributed by atoms with Crippen LogP contribution in [0.2, 0.25) is 0 Å². The van der Waals surface area contributed by atoms with Gasteiger partial charge in [0.05, 0.1) is 10.3 Å². The third kappa shape index (κ3) is 3.31. The van der Waals surface area contributed by atoms with Crippen LogP contribution in [0.1, 0.15) is 13.3 Å². The second kappa shape index (κ2) is 7.04. The Bertz CT molecular complexity index is 628. The van der Waals surface area contributed by atoms with Crippen molar-refractivity contribution in [3.63, 3.8) is 0 Å². The summed E-state index contributed by atoms with van der Waals surface area (Å²) in [6, 6.07) is 11.0. The van der Waals surface area contributed by atoms with Crippen molar-refractivity contribution in [1.82, 2.24) is 5.32 Å². The molecule has 0 aliphatic heterocycles. The van der Waals surface area contributed by atoms with Crippen LogP contribution in [-0.2, 0) is 0 Å². The summed E-state index contributed by atoms with van der Waals surface area (Å²) in [4.78, 5) is 13.1. The second-order valence-corrected chi connectivity index (χ2v) is 5.00. The van der Waals surface area contributed by atoms with Gasteiger partial charge in [-0.05, 0) is 25.6 Å². The van der Waals surface area contributed by atoms with E-state index in [0.29, 0.717) is 5.39 Å². The highest BCUT2D eigenvalue weighted by molar-refractivity contribution is 6.00. The number of nitro groups is 1. The van der Waals surface area contributed by atoms with Crippen LogP contribution in [-0.4, -0.2) is 31.6 Å². The first kappa shape index (κ1) is 15.3. The van der Waals surface area contributed by atoms with Gasteiger partial charge in [0.25, 0.3) is 5.69 Å². The maximum absolute atomic E-state index is 11.2. The molecule has 0 unspecified atom stereocenters. The van der Waals surface area contributed by atoms with Crippen molar-refractivity contribution in [2.75, 3.05) is 31.6 Å². The molecule has 0 saturated carbocycles. The number of rotatable bonds is 7. The molecule has 0 atom stereocenters. The number of anilines is 1. The van der Waals surface area contributed by atoms with E-state index < -0.39 is 0 Å². The minimum absolute atomic E-state index is 0.166. The van der Waals surface area contributed by atoms with Gasteiger partial charge in [0, 0.05) is 36.8 Å². The summed E-state index contributed by atoms with van der Waals surface area (Å²) in [5.74, 6) is 0. The SMILES string of the molecule is CCCN(CCNC)c1ccc([N+](=O)[O-])c2ccccc12. The van der Waals surface area contributed by atoms with Gasteiger partial charge in [-0.2, -0.15) is 0 Å². The Balaban J connectivity index is 2.52. The average molecular weight is 287 g/mol. The number of benzene rings is 2. The molecule has 5 nitrogen and oxygen atoms in total. The van der Waals surface area contributed by atoms with E-state index in [1.165, 1.54) is 0 Å². The van der Waals surface area contributed by atoms with Crippen LogP contribution in [0.4, 0.5) is 11.4 Å². The Morgan fingerprint density at radius 2 is 1.86 bits per heavy atom. The first-order valence-electron chi connectivity index (χ1n) is 7.24. The monoisotopic (exact) mass is 287 g/mol. The number of hydrogen-bond acceptors (Lipinski definition) is 4. The second-order valence-electron chi connectivity index (χ2n) is 5.00. The van der Waals surface area contributed by atoms with Gasteiger partial charge in [-0.25, -0.2) is 0 Å². The lowest BCUT2D eigenvalue weighted by Gasteiger charge is -2.25. The number of nitro benzene ring substituents is 1. The zero-order valence-corrected chi connectivity index (χ0v) is 12.5. The van der Waals surface area contributed by atoms with E-state index in [2.05, 4.69) is 17.1 Å². The number of non-ortho nitro benzene ring substituents is 1. The zero-order chi connectivity index (χ0) is 15.2. The van der Waals surface area contributed by atoms with Crippen LogP contribution < -0.4 is 10.2 Å². The molecule has 0 spiro atoms. The Labute approximate surface area is 124 Å². The van der Waals surface area contributed by atoms with Crippen LogP contribution in [0.25, 0.3) is 10.8 Å². The first-order valence-corrected chi connectivity index (χ1v) is 7.24. The highest BCUT2D eigenvalue weighted by Crippen LogP contribution is 2.33. The molecule has 2 aromatic carbocycles.